The number of ether oxygens (including phenoxy) is 3. The molecule has 5 heteroatoms. The molecule has 2 aromatic carbocycles. The summed E-state index contributed by atoms with van der Waals surface area (Å²) in [6.45, 7) is 4.96. The van der Waals surface area contributed by atoms with Gasteiger partial charge in [-0.15, -0.1) is 0 Å². The molecule has 0 unspecified atom stereocenters. The van der Waals surface area contributed by atoms with E-state index in [1.165, 1.54) is 6.08 Å². The number of carbonyl (C=O) groups excluding carboxylic acids is 1. The molecule has 0 aliphatic heterocycles. The third kappa shape index (κ3) is 6.70. The number of carbonyl (C=O) groups is 1. The maximum Gasteiger partial charge on any atom is 0.248 e. The van der Waals surface area contributed by atoms with Gasteiger partial charge in [0, 0.05) is 11.8 Å². The summed E-state index contributed by atoms with van der Waals surface area (Å²) in [5, 5.41) is 2.80. The molecule has 0 atom stereocenters. The number of anilines is 1. The first-order chi connectivity index (χ1) is 13.0. The van der Waals surface area contributed by atoms with Crippen molar-refractivity contribution in [3.63, 3.8) is 0 Å². The fourth-order valence-electron chi connectivity index (χ4n) is 2.34. The molecule has 0 aromatic heterocycles. The second kappa shape index (κ2) is 10.3. The monoisotopic (exact) mass is 369 g/mol. The van der Waals surface area contributed by atoms with E-state index >= 15 is 0 Å². The van der Waals surface area contributed by atoms with Gasteiger partial charge >= 0.3 is 0 Å². The minimum atomic E-state index is -0.212. The van der Waals surface area contributed by atoms with E-state index in [1.807, 2.05) is 18.2 Å². The van der Waals surface area contributed by atoms with Crippen molar-refractivity contribution in [3.8, 4) is 17.2 Å². The summed E-state index contributed by atoms with van der Waals surface area (Å²) in [7, 11) is 3.21. The standard InChI is InChI=1S/C22H27NO4/c1-16(2)13-14-27-20-11-5-17(15-21(20)26-4)6-12-22(24)23-18-7-9-19(25-3)10-8-18/h5-12,15-16H,13-14H2,1-4H3,(H,23,24)/b12-6+. The summed E-state index contributed by atoms with van der Waals surface area (Å²) in [6, 6.07) is 12.8. The second-order valence-corrected chi connectivity index (χ2v) is 6.49. The number of hydrogen-bond donors (Lipinski definition) is 1. The molecule has 1 amide bonds. The van der Waals surface area contributed by atoms with Crippen LogP contribution in [0.3, 0.4) is 0 Å². The maximum atomic E-state index is 12.1. The van der Waals surface area contributed by atoms with Gasteiger partial charge in [0.25, 0.3) is 0 Å². The van der Waals surface area contributed by atoms with Gasteiger partial charge in [0.05, 0.1) is 20.8 Å². The van der Waals surface area contributed by atoms with Gasteiger partial charge in [0.15, 0.2) is 11.5 Å². The predicted molar refractivity (Wildman–Crippen MR) is 109 cm³/mol. The van der Waals surface area contributed by atoms with Crippen molar-refractivity contribution in [1.82, 2.24) is 0 Å². The Labute approximate surface area is 161 Å². The Morgan fingerprint density at radius 2 is 1.78 bits per heavy atom. The SMILES string of the molecule is COc1ccc(NC(=O)/C=C/c2ccc(OCCC(C)C)c(OC)c2)cc1. The smallest absolute Gasteiger partial charge is 0.248 e. The largest absolute Gasteiger partial charge is 0.497 e. The van der Waals surface area contributed by atoms with E-state index in [0.717, 1.165) is 17.7 Å². The second-order valence-electron chi connectivity index (χ2n) is 6.49. The first kappa shape index (κ1) is 20.4. The number of methoxy groups -OCH3 is 2. The summed E-state index contributed by atoms with van der Waals surface area (Å²) in [6.07, 6.45) is 4.20. The molecule has 27 heavy (non-hydrogen) atoms. The molecule has 0 fully saturated rings. The highest BCUT2D eigenvalue weighted by Crippen LogP contribution is 2.29. The summed E-state index contributed by atoms with van der Waals surface area (Å²) in [5.41, 5.74) is 1.56. The fourth-order valence-corrected chi connectivity index (χ4v) is 2.34. The quantitative estimate of drug-likeness (QED) is 0.646. The topological polar surface area (TPSA) is 56.8 Å². The molecule has 0 aliphatic rings. The van der Waals surface area contributed by atoms with Crippen LogP contribution in [-0.2, 0) is 4.79 Å². The summed E-state index contributed by atoms with van der Waals surface area (Å²) >= 11 is 0. The van der Waals surface area contributed by atoms with Gasteiger partial charge in [-0.2, -0.15) is 0 Å². The molecule has 2 rings (SSSR count). The third-order valence-corrected chi connectivity index (χ3v) is 3.93. The molecular formula is C22H27NO4. The predicted octanol–water partition coefficient (Wildman–Crippen LogP) is 4.78. The Balaban J connectivity index is 1.97. The number of hydrogen-bond acceptors (Lipinski definition) is 4. The van der Waals surface area contributed by atoms with Crippen molar-refractivity contribution < 1.29 is 19.0 Å². The average molecular weight is 369 g/mol. The maximum absolute atomic E-state index is 12.1. The van der Waals surface area contributed by atoms with Crippen LogP contribution in [-0.4, -0.2) is 26.7 Å². The molecule has 0 spiro atoms. The average Bonchev–Trinajstić information content (AvgIpc) is 2.67. The van der Waals surface area contributed by atoms with Gasteiger partial charge in [-0.05, 0) is 60.4 Å². The number of rotatable bonds is 9. The zero-order chi connectivity index (χ0) is 19.6. The fraction of sp³-hybridized carbons (Fsp3) is 0.318. The molecule has 5 nitrogen and oxygen atoms in total. The lowest BCUT2D eigenvalue weighted by atomic mass is 10.1. The highest BCUT2D eigenvalue weighted by molar-refractivity contribution is 6.01. The van der Waals surface area contributed by atoms with Crippen LogP contribution in [0.4, 0.5) is 5.69 Å². The van der Waals surface area contributed by atoms with Gasteiger partial charge in [-0.25, -0.2) is 0 Å². The van der Waals surface area contributed by atoms with E-state index in [2.05, 4.69) is 19.2 Å². The van der Waals surface area contributed by atoms with Crippen molar-refractivity contribution in [3.05, 3.63) is 54.1 Å². The van der Waals surface area contributed by atoms with Gasteiger partial charge in [-0.1, -0.05) is 19.9 Å². The van der Waals surface area contributed by atoms with Crippen LogP contribution < -0.4 is 19.5 Å². The molecule has 0 aliphatic carbocycles. The lowest BCUT2D eigenvalue weighted by Crippen LogP contribution is -2.07. The third-order valence-electron chi connectivity index (χ3n) is 3.93. The van der Waals surface area contributed by atoms with E-state index in [-0.39, 0.29) is 5.91 Å². The Morgan fingerprint density at radius 3 is 2.41 bits per heavy atom. The molecule has 144 valence electrons. The Bertz CT molecular complexity index is 766. The minimum Gasteiger partial charge on any atom is -0.497 e. The van der Waals surface area contributed by atoms with Crippen LogP contribution in [0.15, 0.2) is 48.5 Å². The lowest BCUT2D eigenvalue weighted by Gasteiger charge is -2.12. The molecule has 0 radical (unpaired) electrons. The summed E-state index contributed by atoms with van der Waals surface area (Å²) in [4.78, 5) is 12.1. The molecule has 2 aromatic rings. The van der Waals surface area contributed by atoms with Gasteiger partial charge in [0.1, 0.15) is 5.75 Å². The lowest BCUT2D eigenvalue weighted by molar-refractivity contribution is -0.111. The Kier molecular flexibility index (Phi) is 7.74. The molecule has 0 saturated heterocycles. The van der Waals surface area contributed by atoms with E-state index < -0.39 is 0 Å². The Hall–Kier alpha value is -2.95. The van der Waals surface area contributed by atoms with Crippen LogP contribution in [0, 0.1) is 5.92 Å². The highest BCUT2D eigenvalue weighted by Gasteiger charge is 2.06. The minimum absolute atomic E-state index is 0.212. The number of amides is 1. The van der Waals surface area contributed by atoms with Gasteiger partial charge < -0.3 is 19.5 Å². The summed E-state index contributed by atoms with van der Waals surface area (Å²) < 4.78 is 16.3. The van der Waals surface area contributed by atoms with E-state index in [4.69, 9.17) is 14.2 Å². The Morgan fingerprint density at radius 1 is 1.04 bits per heavy atom. The zero-order valence-corrected chi connectivity index (χ0v) is 16.3. The van der Waals surface area contributed by atoms with Crippen LogP contribution in [0.25, 0.3) is 6.08 Å². The van der Waals surface area contributed by atoms with Crippen molar-refractivity contribution in [2.24, 2.45) is 5.92 Å². The molecule has 0 bridgehead atoms. The molecule has 0 saturated carbocycles. The normalized spacial score (nSPS) is 10.9. The van der Waals surface area contributed by atoms with Gasteiger partial charge in [-0.3, -0.25) is 4.79 Å². The van der Waals surface area contributed by atoms with Gasteiger partial charge in [0.2, 0.25) is 5.91 Å². The van der Waals surface area contributed by atoms with E-state index in [1.54, 1.807) is 44.6 Å². The van der Waals surface area contributed by atoms with Crippen LogP contribution in [0.1, 0.15) is 25.8 Å². The molecule has 0 heterocycles. The molecule has 1 N–H and O–H groups in total. The zero-order valence-electron chi connectivity index (χ0n) is 16.3. The van der Waals surface area contributed by atoms with Crippen molar-refractivity contribution in [1.29, 1.82) is 0 Å². The van der Waals surface area contributed by atoms with Crippen LogP contribution in [0.5, 0.6) is 17.2 Å². The summed E-state index contributed by atoms with van der Waals surface area (Å²) in [5.74, 6) is 2.47. The molecular weight excluding hydrogens is 342 g/mol. The van der Waals surface area contributed by atoms with Crippen molar-refractivity contribution >= 4 is 17.7 Å². The first-order valence-electron chi connectivity index (χ1n) is 8.95. The van der Waals surface area contributed by atoms with E-state index in [0.29, 0.717) is 29.7 Å². The first-order valence-corrected chi connectivity index (χ1v) is 8.95. The van der Waals surface area contributed by atoms with Crippen LogP contribution >= 0.6 is 0 Å². The number of nitrogens with one attached hydrogen (secondary N) is 1. The van der Waals surface area contributed by atoms with Crippen molar-refractivity contribution in [2.75, 3.05) is 26.1 Å². The van der Waals surface area contributed by atoms with Crippen molar-refractivity contribution in [2.45, 2.75) is 20.3 Å². The highest BCUT2D eigenvalue weighted by atomic mass is 16.5. The number of benzene rings is 2. The van der Waals surface area contributed by atoms with E-state index in [9.17, 15) is 4.79 Å². The van der Waals surface area contributed by atoms with Crippen LogP contribution in [0.2, 0.25) is 0 Å².